The second kappa shape index (κ2) is 10.3. The maximum absolute atomic E-state index is 13.0. The summed E-state index contributed by atoms with van der Waals surface area (Å²) in [6.07, 6.45) is 1.53. The second-order valence-corrected chi connectivity index (χ2v) is 9.67. The summed E-state index contributed by atoms with van der Waals surface area (Å²) in [6, 6.07) is 15.2. The molecule has 9 heteroatoms. The minimum atomic E-state index is -0.271. The highest BCUT2D eigenvalue weighted by molar-refractivity contribution is 9.10. The van der Waals surface area contributed by atoms with E-state index in [0.29, 0.717) is 49.9 Å². The summed E-state index contributed by atoms with van der Waals surface area (Å²) in [4.78, 5) is 17.5. The molecule has 0 aliphatic heterocycles. The quantitative estimate of drug-likeness (QED) is 0.231. The Bertz CT molecular complexity index is 1470. The van der Waals surface area contributed by atoms with Gasteiger partial charge in [0.1, 0.15) is 17.5 Å². The Kier molecular flexibility index (Phi) is 7.40. The highest BCUT2D eigenvalue weighted by Gasteiger charge is 2.17. The van der Waals surface area contributed by atoms with Crippen LogP contribution in [0.5, 0.6) is 11.5 Å². The van der Waals surface area contributed by atoms with Crippen molar-refractivity contribution < 1.29 is 9.47 Å². The number of hydrogen-bond acceptors (Lipinski definition) is 5. The topological polar surface area (TPSA) is 65.7 Å². The van der Waals surface area contributed by atoms with Gasteiger partial charge >= 0.3 is 0 Å². The van der Waals surface area contributed by atoms with Crippen molar-refractivity contribution in [3.8, 4) is 11.5 Å². The zero-order valence-corrected chi connectivity index (χ0v) is 22.5. The summed E-state index contributed by atoms with van der Waals surface area (Å²) in [6.45, 7) is 4.10. The smallest absolute Gasteiger partial charge is 0.282 e. The highest BCUT2D eigenvalue weighted by Crippen LogP contribution is 2.42. The van der Waals surface area contributed by atoms with E-state index < -0.39 is 0 Å². The van der Waals surface area contributed by atoms with Gasteiger partial charge in [-0.15, -0.1) is 0 Å². The van der Waals surface area contributed by atoms with Crippen LogP contribution in [0.2, 0.25) is 5.02 Å². The number of aryl methyl sites for hydroxylation is 2. The molecule has 0 radical (unpaired) electrons. The number of fused-ring (bicyclic) bond motifs is 1. The van der Waals surface area contributed by atoms with Crippen LogP contribution in [0.1, 0.15) is 22.5 Å². The van der Waals surface area contributed by atoms with Crippen molar-refractivity contribution in [2.45, 2.75) is 20.5 Å². The van der Waals surface area contributed by atoms with E-state index in [2.05, 4.69) is 41.9 Å². The lowest BCUT2D eigenvalue weighted by Gasteiger charge is -2.15. The average molecular weight is 606 g/mol. The summed E-state index contributed by atoms with van der Waals surface area (Å²) < 4.78 is 14.1. The number of methoxy groups -OCH3 is 1. The fourth-order valence-corrected chi connectivity index (χ4v) is 4.36. The van der Waals surface area contributed by atoms with Crippen LogP contribution < -0.4 is 15.0 Å². The van der Waals surface area contributed by atoms with Gasteiger partial charge in [-0.1, -0.05) is 57.4 Å². The zero-order valence-electron chi connectivity index (χ0n) is 18.6. The van der Waals surface area contributed by atoms with E-state index in [9.17, 15) is 4.79 Å². The van der Waals surface area contributed by atoms with Crippen LogP contribution in [0, 0.1) is 13.8 Å². The fraction of sp³-hybridized carbons (Fsp3) is 0.160. The molecule has 0 N–H and O–H groups in total. The van der Waals surface area contributed by atoms with E-state index >= 15 is 0 Å². The predicted octanol–water partition coefficient (Wildman–Crippen LogP) is 6.66. The lowest BCUT2D eigenvalue weighted by atomic mass is 10.1. The molecule has 0 amide bonds. The van der Waals surface area contributed by atoms with Crippen molar-refractivity contribution in [3.05, 3.63) is 95.4 Å². The predicted molar refractivity (Wildman–Crippen MR) is 143 cm³/mol. The maximum atomic E-state index is 13.0. The molecule has 4 aromatic rings. The molecular formula is C25H20Br2ClN3O3. The first-order chi connectivity index (χ1) is 16.3. The number of halogens is 3. The van der Waals surface area contributed by atoms with Gasteiger partial charge in [-0.05, 0) is 59.6 Å². The van der Waals surface area contributed by atoms with Gasteiger partial charge in [0.25, 0.3) is 5.56 Å². The van der Waals surface area contributed by atoms with E-state index in [1.54, 1.807) is 32.2 Å². The third-order valence-electron chi connectivity index (χ3n) is 5.16. The molecule has 4 rings (SSSR count). The van der Waals surface area contributed by atoms with Crippen molar-refractivity contribution in [2.75, 3.05) is 7.11 Å². The largest absolute Gasteiger partial charge is 0.493 e. The van der Waals surface area contributed by atoms with E-state index in [0.717, 1.165) is 10.0 Å². The monoisotopic (exact) mass is 603 g/mol. The van der Waals surface area contributed by atoms with Gasteiger partial charge < -0.3 is 9.47 Å². The van der Waals surface area contributed by atoms with Crippen molar-refractivity contribution in [3.63, 3.8) is 0 Å². The van der Waals surface area contributed by atoms with Gasteiger partial charge in [0.15, 0.2) is 11.5 Å². The Labute approximate surface area is 218 Å². The third kappa shape index (κ3) is 5.04. The summed E-state index contributed by atoms with van der Waals surface area (Å²) >= 11 is 13.5. The van der Waals surface area contributed by atoms with Crippen molar-refractivity contribution in [2.24, 2.45) is 5.10 Å². The van der Waals surface area contributed by atoms with Crippen LogP contribution >= 0.6 is 43.5 Å². The number of benzene rings is 3. The lowest BCUT2D eigenvalue weighted by molar-refractivity contribution is 0.284. The molecule has 0 aliphatic carbocycles. The second-order valence-electron chi connectivity index (χ2n) is 7.58. The SMILES string of the molecule is COc1cc(C=Nn2c(C)nc3ccc(Br)cc3c2=O)c(Br)c(Cl)c1OCc1ccc(C)cc1. The number of rotatable bonds is 6. The first-order valence-electron chi connectivity index (χ1n) is 10.3. The minimum absolute atomic E-state index is 0.271. The van der Waals surface area contributed by atoms with Crippen molar-refractivity contribution in [1.82, 2.24) is 9.66 Å². The molecule has 0 saturated heterocycles. The Balaban J connectivity index is 1.68. The molecule has 0 spiro atoms. The first-order valence-corrected chi connectivity index (χ1v) is 12.2. The molecule has 0 unspecified atom stereocenters. The molecule has 34 heavy (non-hydrogen) atoms. The van der Waals surface area contributed by atoms with Gasteiger partial charge in [-0.2, -0.15) is 9.78 Å². The van der Waals surface area contributed by atoms with Gasteiger partial charge in [-0.25, -0.2) is 4.98 Å². The number of aromatic nitrogens is 2. The van der Waals surface area contributed by atoms with Crippen LogP contribution in [-0.2, 0) is 6.61 Å². The number of nitrogens with zero attached hydrogens (tertiary/aromatic N) is 3. The Morgan fingerprint density at radius 2 is 1.85 bits per heavy atom. The fourth-order valence-electron chi connectivity index (χ4n) is 3.34. The Hall–Kier alpha value is -2.68. The molecule has 0 aliphatic rings. The summed E-state index contributed by atoms with van der Waals surface area (Å²) in [5.74, 6) is 1.33. The standard InChI is InChI=1S/C25H20Br2ClN3O3/c1-14-4-6-16(7-5-14)13-34-24-21(33-3)10-17(22(27)23(24)28)12-29-31-15(2)30-20-9-8-18(26)11-19(20)25(31)32/h4-12H,13H2,1-3H3. The lowest BCUT2D eigenvalue weighted by Crippen LogP contribution is -2.20. The summed E-state index contributed by atoms with van der Waals surface area (Å²) in [5, 5.41) is 5.19. The first kappa shape index (κ1) is 24.4. The van der Waals surface area contributed by atoms with Crippen molar-refractivity contribution in [1.29, 1.82) is 0 Å². The van der Waals surface area contributed by atoms with Crippen molar-refractivity contribution >= 4 is 60.6 Å². The van der Waals surface area contributed by atoms with Crippen LogP contribution in [0.3, 0.4) is 0 Å². The van der Waals surface area contributed by atoms with E-state index in [1.807, 2.05) is 37.3 Å². The van der Waals surface area contributed by atoms with E-state index in [4.69, 9.17) is 21.1 Å². The molecule has 174 valence electrons. The zero-order chi connectivity index (χ0) is 24.4. The van der Waals surface area contributed by atoms with Crippen LogP contribution in [0.4, 0.5) is 0 Å². The van der Waals surface area contributed by atoms with E-state index in [1.165, 1.54) is 16.5 Å². The maximum Gasteiger partial charge on any atom is 0.282 e. The molecule has 0 saturated carbocycles. The molecule has 1 aromatic heterocycles. The molecule has 6 nitrogen and oxygen atoms in total. The molecule has 1 heterocycles. The number of ether oxygens (including phenoxy) is 2. The summed E-state index contributed by atoms with van der Waals surface area (Å²) in [7, 11) is 1.54. The summed E-state index contributed by atoms with van der Waals surface area (Å²) in [5.41, 5.74) is 3.14. The number of hydrogen-bond donors (Lipinski definition) is 0. The third-order valence-corrected chi connectivity index (χ3v) is 7.10. The van der Waals surface area contributed by atoms with Crippen LogP contribution in [0.15, 0.2) is 67.4 Å². The highest BCUT2D eigenvalue weighted by atomic mass is 79.9. The Morgan fingerprint density at radius 3 is 2.56 bits per heavy atom. The van der Waals surface area contributed by atoms with Gasteiger partial charge in [-0.3, -0.25) is 4.79 Å². The Morgan fingerprint density at radius 1 is 1.12 bits per heavy atom. The normalized spacial score (nSPS) is 11.4. The molecular weight excluding hydrogens is 586 g/mol. The van der Waals surface area contributed by atoms with E-state index in [-0.39, 0.29) is 5.56 Å². The van der Waals surface area contributed by atoms with Crippen LogP contribution in [-0.4, -0.2) is 23.0 Å². The average Bonchev–Trinajstić information content (AvgIpc) is 2.82. The molecule has 0 atom stereocenters. The minimum Gasteiger partial charge on any atom is -0.493 e. The van der Waals surface area contributed by atoms with Crippen LogP contribution in [0.25, 0.3) is 10.9 Å². The molecule has 3 aromatic carbocycles. The molecule has 0 bridgehead atoms. The molecule has 0 fully saturated rings. The van der Waals surface area contributed by atoms with Gasteiger partial charge in [0.2, 0.25) is 0 Å². The van der Waals surface area contributed by atoms with Gasteiger partial charge in [0.05, 0.1) is 24.2 Å². The van der Waals surface area contributed by atoms with Gasteiger partial charge in [0, 0.05) is 14.5 Å².